The Labute approximate surface area is 227 Å². The van der Waals surface area contributed by atoms with Crippen LogP contribution in [0.4, 0.5) is 0 Å². The van der Waals surface area contributed by atoms with Gasteiger partial charge in [-0.3, -0.25) is 14.4 Å². The number of ketones is 2. The van der Waals surface area contributed by atoms with Crippen LogP contribution in [0.1, 0.15) is 81.6 Å². The molecule has 1 aliphatic rings. The summed E-state index contributed by atoms with van der Waals surface area (Å²) in [6, 6.07) is 22.9. The molecule has 1 aliphatic carbocycles. The Hall–Kier alpha value is -4.52. The number of benzene rings is 3. The predicted molar refractivity (Wildman–Crippen MR) is 147 cm³/mol. The van der Waals surface area contributed by atoms with E-state index in [1.165, 1.54) is 0 Å². The zero-order valence-electron chi connectivity index (χ0n) is 22.1. The van der Waals surface area contributed by atoms with Crippen LogP contribution in [-0.4, -0.2) is 30.6 Å². The highest BCUT2D eigenvalue weighted by Crippen LogP contribution is 2.38. The van der Waals surface area contributed by atoms with E-state index in [1.54, 1.807) is 68.6 Å². The summed E-state index contributed by atoms with van der Waals surface area (Å²) in [5.41, 5.74) is 5.35. The lowest BCUT2D eigenvalue weighted by Gasteiger charge is -2.26. The van der Waals surface area contributed by atoms with Gasteiger partial charge in [0.25, 0.3) is 5.91 Å². The summed E-state index contributed by atoms with van der Waals surface area (Å²) >= 11 is 0. The standard InChI is InChI=1S/C32H31NO6/c1-21-29(31(36)27-15-10-9-14-26(27)30(21)35)25(22-17-19-24(38-2)20-18-22)13-7-4-8-16-28(34)33-39-32(37)23-11-5-3-6-12-23/h3,5-6,9-12,14-15,17-20,25H,4,7-8,13,16H2,1-2H3,(H,33,34). The largest absolute Gasteiger partial charge is 0.497 e. The first-order valence-corrected chi connectivity index (χ1v) is 13.0. The minimum Gasteiger partial charge on any atom is -0.497 e. The van der Waals surface area contributed by atoms with Crippen molar-refractivity contribution < 1.29 is 28.8 Å². The van der Waals surface area contributed by atoms with E-state index in [-0.39, 0.29) is 29.8 Å². The molecule has 3 aromatic rings. The second-order valence-corrected chi connectivity index (χ2v) is 9.45. The van der Waals surface area contributed by atoms with Gasteiger partial charge in [0.15, 0.2) is 11.6 Å². The summed E-state index contributed by atoms with van der Waals surface area (Å²) in [7, 11) is 1.60. The van der Waals surface area contributed by atoms with Gasteiger partial charge in [0, 0.05) is 34.6 Å². The SMILES string of the molecule is COc1ccc(C(CCCCCC(=O)NOC(=O)c2ccccc2)C2=C(C)C(=O)c3ccccc3C2=O)cc1. The van der Waals surface area contributed by atoms with Gasteiger partial charge in [-0.2, -0.15) is 5.48 Å². The molecule has 0 aromatic heterocycles. The van der Waals surface area contributed by atoms with Gasteiger partial charge in [0.2, 0.25) is 0 Å². The topological polar surface area (TPSA) is 98.8 Å². The molecule has 7 heteroatoms. The van der Waals surface area contributed by atoms with Crippen molar-refractivity contribution in [2.24, 2.45) is 0 Å². The number of fused-ring (bicyclic) bond motifs is 1. The number of hydroxylamine groups is 1. The molecule has 3 aromatic carbocycles. The molecule has 0 heterocycles. The van der Waals surface area contributed by atoms with Gasteiger partial charge in [0.05, 0.1) is 12.7 Å². The predicted octanol–water partition coefficient (Wildman–Crippen LogP) is 6.01. The van der Waals surface area contributed by atoms with Crippen molar-refractivity contribution in [3.05, 3.63) is 112 Å². The van der Waals surface area contributed by atoms with Gasteiger partial charge in [-0.05, 0) is 49.6 Å². The fraction of sp³-hybridized carbons (Fsp3) is 0.250. The average Bonchev–Trinajstić information content (AvgIpc) is 2.98. The van der Waals surface area contributed by atoms with E-state index >= 15 is 0 Å². The summed E-state index contributed by atoms with van der Waals surface area (Å²) in [6.07, 6.45) is 2.86. The van der Waals surface area contributed by atoms with Crippen LogP contribution in [0.2, 0.25) is 0 Å². The second-order valence-electron chi connectivity index (χ2n) is 9.45. The van der Waals surface area contributed by atoms with Gasteiger partial charge in [-0.25, -0.2) is 4.79 Å². The first-order valence-electron chi connectivity index (χ1n) is 13.0. The maximum Gasteiger partial charge on any atom is 0.362 e. The van der Waals surface area contributed by atoms with E-state index in [0.29, 0.717) is 46.4 Å². The number of amides is 1. The van der Waals surface area contributed by atoms with Crippen LogP contribution in [0.5, 0.6) is 5.75 Å². The molecule has 0 saturated carbocycles. The van der Waals surface area contributed by atoms with Gasteiger partial charge in [-0.1, -0.05) is 67.4 Å². The van der Waals surface area contributed by atoms with E-state index < -0.39 is 5.97 Å². The molecule has 1 amide bonds. The van der Waals surface area contributed by atoms with Gasteiger partial charge in [0.1, 0.15) is 5.75 Å². The lowest BCUT2D eigenvalue weighted by Crippen LogP contribution is -2.26. The minimum absolute atomic E-state index is 0.122. The number of unbranched alkanes of at least 4 members (excludes halogenated alkanes) is 2. The smallest absolute Gasteiger partial charge is 0.362 e. The third-order valence-electron chi connectivity index (χ3n) is 6.94. The van der Waals surface area contributed by atoms with E-state index in [2.05, 4.69) is 5.48 Å². The Morgan fingerprint density at radius 1 is 0.795 bits per heavy atom. The van der Waals surface area contributed by atoms with Crippen LogP contribution in [-0.2, 0) is 9.63 Å². The van der Waals surface area contributed by atoms with Crippen molar-refractivity contribution in [2.45, 2.75) is 44.9 Å². The highest BCUT2D eigenvalue weighted by Gasteiger charge is 2.34. The molecular formula is C32H31NO6. The molecule has 0 saturated heterocycles. The highest BCUT2D eigenvalue weighted by molar-refractivity contribution is 6.27. The molecule has 1 unspecified atom stereocenters. The average molecular weight is 526 g/mol. The van der Waals surface area contributed by atoms with Crippen LogP contribution >= 0.6 is 0 Å². The Kier molecular flexibility index (Phi) is 9.05. The molecule has 7 nitrogen and oxygen atoms in total. The molecule has 0 radical (unpaired) electrons. The maximum absolute atomic E-state index is 13.6. The third kappa shape index (κ3) is 6.49. The number of rotatable bonds is 10. The number of ether oxygens (including phenoxy) is 1. The Bertz CT molecular complexity index is 1390. The first-order chi connectivity index (χ1) is 18.9. The molecule has 0 spiro atoms. The third-order valence-corrected chi connectivity index (χ3v) is 6.94. The van der Waals surface area contributed by atoms with Crippen molar-refractivity contribution in [1.29, 1.82) is 0 Å². The monoisotopic (exact) mass is 525 g/mol. The van der Waals surface area contributed by atoms with Crippen molar-refractivity contribution in [2.75, 3.05) is 7.11 Å². The van der Waals surface area contributed by atoms with Crippen LogP contribution < -0.4 is 10.2 Å². The van der Waals surface area contributed by atoms with Crippen LogP contribution in [0.25, 0.3) is 0 Å². The fourth-order valence-electron chi connectivity index (χ4n) is 4.85. The first kappa shape index (κ1) is 27.5. The number of hydrogen-bond donors (Lipinski definition) is 1. The number of allylic oxidation sites excluding steroid dienone is 2. The maximum atomic E-state index is 13.6. The molecule has 1 N–H and O–H groups in total. The zero-order chi connectivity index (χ0) is 27.8. The van der Waals surface area contributed by atoms with Crippen molar-refractivity contribution in [1.82, 2.24) is 5.48 Å². The number of methoxy groups -OCH3 is 1. The second kappa shape index (κ2) is 12.8. The molecule has 4 rings (SSSR count). The lowest BCUT2D eigenvalue weighted by atomic mass is 9.75. The number of hydrogen-bond acceptors (Lipinski definition) is 6. The molecule has 0 bridgehead atoms. The summed E-state index contributed by atoms with van der Waals surface area (Å²) in [6.45, 7) is 1.73. The van der Waals surface area contributed by atoms with E-state index in [1.807, 2.05) is 24.3 Å². The molecule has 200 valence electrons. The molecule has 0 fully saturated rings. The zero-order valence-corrected chi connectivity index (χ0v) is 22.1. The summed E-state index contributed by atoms with van der Waals surface area (Å²) in [4.78, 5) is 55.8. The summed E-state index contributed by atoms with van der Waals surface area (Å²) in [5.74, 6) is -0.819. The minimum atomic E-state index is -0.622. The Morgan fingerprint density at radius 2 is 1.44 bits per heavy atom. The molecule has 1 atom stereocenters. The van der Waals surface area contributed by atoms with Crippen molar-refractivity contribution in [3.8, 4) is 5.75 Å². The Morgan fingerprint density at radius 3 is 2.10 bits per heavy atom. The normalized spacial score (nSPS) is 13.5. The van der Waals surface area contributed by atoms with Crippen molar-refractivity contribution >= 4 is 23.4 Å². The molecule has 0 aliphatic heterocycles. The highest BCUT2D eigenvalue weighted by atomic mass is 16.7. The lowest BCUT2D eigenvalue weighted by molar-refractivity contribution is -0.130. The number of carbonyl (C=O) groups is 4. The van der Waals surface area contributed by atoms with E-state index in [4.69, 9.17) is 9.57 Å². The van der Waals surface area contributed by atoms with Gasteiger partial charge < -0.3 is 9.57 Å². The van der Waals surface area contributed by atoms with E-state index in [9.17, 15) is 19.2 Å². The fourth-order valence-corrected chi connectivity index (χ4v) is 4.85. The number of nitrogens with one attached hydrogen (secondary N) is 1. The van der Waals surface area contributed by atoms with E-state index in [0.717, 1.165) is 18.4 Å². The van der Waals surface area contributed by atoms with Crippen LogP contribution in [0.3, 0.4) is 0 Å². The Balaban J connectivity index is 1.39. The van der Waals surface area contributed by atoms with Gasteiger partial charge >= 0.3 is 5.97 Å². The van der Waals surface area contributed by atoms with Gasteiger partial charge in [-0.15, -0.1) is 0 Å². The van der Waals surface area contributed by atoms with Crippen LogP contribution in [0, 0.1) is 0 Å². The quantitative estimate of drug-likeness (QED) is 0.257. The molecular weight excluding hydrogens is 494 g/mol. The van der Waals surface area contributed by atoms with Crippen molar-refractivity contribution in [3.63, 3.8) is 0 Å². The molecule has 39 heavy (non-hydrogen) atoms. The number of carbonyl (C=O) groups excluding carboxylic acids is 4. The summed E-state index contributed by atoms with van der Waals surface area (Å²) < 4.78 is 5.29. The summed E-state index contributed by atoms with van der Waals surface area (Å²) in [5, 5.41) is 0. The number of Topliss-reactive ketones (excluding diaryl/α,β-unsaturated/α-hetero) is 2. The van der Waals surface area contributed by atoms with Crippen LogP contribution in [0.15, 0.2) is 90.0 Å².